The van der Waals surface area contributed by atoms with Crippen LogP contribution in [0.25, 0.3) is 0 Å². The molecule has 0 aliphatic carbocycles. The third-order valence-electron chi connectivity index (χ3n) is 7.77. The standard InChI is InChI=1S/C25H36FN5O4/c1-24(2,28-23(34)35)22(33)31-11-8-25(9-12-31)17-19(27-21(25)32)7-10-29-13-15-30(16-14-29)20-5-3-18(26)4-6-20/h3-6,19,28H,7-17H2,1-2H3,(H,27,32)(H,34,35)/t19-/m0/s1. The number of amides is 3. The molecule has 192 valence electrons. The quantitative estimate of drug-likeness (QED) is 0.564. The Kier molecular flexibility index (Phi) is 7.21. The summed E-state index contributed by atoms with van der Waals surface area (Å²) in [5.41, 5.74) is -0.590. The highest BCUT2D eigenvalue weighted by Crippen LogP contribution is 2.41. The van der Waals surface area contributed by atoms with Gasteiger partial charge in [0.2, 0.25) is 11.8 Å². The van der Waals surface area contributed by atoms with Crippen LogP contribution >= 0.6 is 0 Å². The molecule has 4 rings (SSSR count). The van der Waals surface area contributed by atoms with Crippen LogP contribution in [0.15, 0.2) is 24.3 Å². The largest absolute Gasteiger partial charge is 0.465 e. The second-order valence-electron chi connectivity index (χ2n) is 10.6. The molecule has 0 aromatic heterocycles. The lowest BCUT2D eigenvalue weighted by molar-refractivity contribution is -0.142. The number of likely N-dealkylation sites (tertiary alicyclic amines) is 1. The molecule has 3 heterocycles. The molecule has 3 aliphatic heterocycles. The fraction of sp³-hybridized carbons (Fsp3) is 0.640. The number of carbonyl (C=O) groups excluding carboxylic acids is 2. The smallest absolute Gasteiger partial charge is 0.405 e. The minimum Gasteiger partial charge on any atom is -0.465 e. The van der Waals surface area contributed by atoms with E-state index in [1.165, 1.54) is 12.1 Å². The topological polar surface area (TPSA) is 105 Å². The normalized spacial score (nSPS) is 22.8. The summed E-state index contributed by atoms with van der Waals surface area (Å²) in [6, 6.07) is 6.76. The lowest BCUT2D eigenvalue weighted by atomic mass is 9.75. The maximum Gasteiger partial charge on any atom is 0.405 e. The fourth-order valence-corrected chi connectivity index (χ4v) is 5.63. The molecular weight excluding hydrogens is 453 g/mol. The number of piperazine rings is 1. The maximum absolute atomic E-state index is 13.2. The zero-order valence-corrected chi connectivity index (χ0v) is 20.6. The molecule has 3 aliphatic rings. The van der Waals surface area contributed by atoms with Crippen LogP contribution in [0.3, 0.4) is 0 Å². The molecular formula is C25H36FN5O4. The van der Waals surface area contributed by atoms with Crippen molar-refractivity contribution in [2.75, 3.05) is 50.7 Å². The van der Waals surface area contributed by atoms with Gasteiger partial charge in [0.1, 0.15) is 11.4 Å². The van der Waals surface area contributed by atoms with Crippen LogP contribution in [0.1, 0.15) is 39.5 Å². The SMILES string of the molecule is CC(C)(NC(=O)O)C(=O)N1CCC2(CC1)C[C@H](CCN1CCN(c3ccc(F)cc3)CC1)NC2=O. The van der Waals surface area contributed by atoms with Gasteiger partial charge in [-0.15, -0.1) is 0 Å². The Morgan fingerprint density at radius 1 is 1.11 bits per heavy atom. The number of benzene rings is 1. The van der Waals surface area contributed by atoms with Gasteiger partial charge < -0.3 is 25.5 Å². The van der Waals surface area contributed by atoms with Crippen molar-refractivity contribution in [3.8, 4) is 0 Å². The van der Waals surface area contributed by atoms with E-state index < -0.39 is 17.0 Å². The van der Waals surface area contributed by atoms with Crippen molar-refractivity contribution in [2.24, 2.45) is 5.41 Å². The highest BCUT2D eigenvalue weighted by molar-refractivity contribution is 5.90. The predicted molar refractivity (Wildman–Crippen MR) is 130 cm³/mol. The van der Waals surface area contributed by atoms with E-state index in [2.05, 4.69) is 20.4 Å². The van der Waals surface area contributed by atoms with Crippen LogP contribution in [0.5, 0.6) is 0 Å². The van der Waals surface area contributed by atoms with E-state index in [1.54, 1.807) is 18.7 Å². The van der Waals surface area contributed by atoms with E-state index in [4.69, 9.17) is 5.11 Å². The first kappa shape index (κ1) is 25.2. The highest BCUT2D eigenvalue weighted by Gasteiger charge is 2.49. The number of halogens is 1. The number of hydrogen-bond acceptors (Lipinski definition) is 5. The first-order chi connectivity index (χ1) is 16.6. The Hall–Kier alpha value is -2.88. The minimum atomic E-state index is -1.23. The summed E-state index contributed by atoms with van der Waals surface area (Å²) < 4.78 is 13.2. The van der Waals surface area contributed by atoms with Crippen LogP contribution in [-0.4, -0.2) is 90.2 Å². The van der Waals surface area contributed by atoms with Crippen molar-refractivity contribution in [1.82, 2.24) is 20.4 Å². The Morgan fingerprint density at radius 3 is 2.34 bits per heavy atom. The number of carboxylic acid groups (broad SMARTS) is 1. The van der Waals surface area contributed by atoms with Gasteiger partial charge in [-0.1, -0.05) is 0 Å². The minimum absolute atomic E-state index is 0.0821. The molecule has 0 radical (unpaired) electrons. The number of carbonyl (C=O) groups is 3. The van der Waals surface area contributed by atoms with Gasteiger partial charge in [0.05, 0.1) is 5.41 Å². The van der Waals surface area contributed by atoms with E-state index in [0.29, 0.717) is 25.9 Å². The van der Waals surface area contributed by atoms with Crippen LogP contribution in [0.2, 0.25) is 0 Å². The first-order valence-electron chi connectivity index (χ1n) is 12.4. The molecule has 3 fully saturated rings. The summed E-state index contributed by atoms with van der Waals surface area (Å²) in [5, 5.41) is 14.5. The number of piperidine rings is 1. The monoisotopic (exact) mass is 489 g/mol. The van der Waals surface area contributed by atoms with E-state index in [9.17, 15) is 18.8 Å². The summed E-state index contributed by atoms with van der Waals surface area (Å²) in [5.74, 6) is -0.400. The fourth-order valence-electron chi connectivity index (χ4n) is 5.63. The average molecular weight is 490 g/mol. The summed E-state index contributed by atoms with van der Waals surface area (Å²) in [6.45, 7) is 8.59. The number of hydrogen-bond donors (Lipinski definition) is 3. The van der Waals surface area contributed by atoms with Crippen molar-refractivity contribution in [2.45, 2.75) is 51.1 Å². The zero-order valence-electron chi connectivity index (χ0n) is 20.6. The van der Waals surface area contributed by atoms with E-state index in [1.807, 2.05) is 12.1 Å². The third kappa shape index (κ3) is 5.69. The molecule has 0 unspecified atom stereocenters. The Bertz CT molecular complexity index is 938. The summed E-state index contributed by atoms with van der Waals surface area (Å²) >= 11 is 0. The molecule has 35 heavy (non-hydrogen) atoms. The highest BCUT2D eigenvalue weighted by atomic mass is 19.1. The maximum atomic E-state index is 13.2. The third-order valence-corrected chi connectivity index (χ3v) is 7.77. The number of rotatable bonds is 6. The van der Waals surface area contributed by atoms with Gasteiger partial charge in [-0.2, -0.15) is 0 Å². The Morgan fingerprint density at radius 2 is 1.74 bits per heavy atom. The molecule has 0 bridgehead atoms. The van der Waals surface area contributed by atoms with Gasteiger partial charge in [0.25, 0.3) is 0 Å². The molecule has 10 heteroatoms. The zero-order chi connectivity index (χ0) is 25.2. The van der Waals surface area contributed by atoms with Crippen molar-refractivity contribution in [1.29, 1.82) is 0 Å². The van der Waals surface area contributed by atoms with Gasteiger partial charge in [-0.25, -0.2) is 9.18 Å². The van der Waals surface area contributed by atoms with Crippen molar-refractivity contribution < 1.29 is 23.9 Å². The van der Waals surface area contributed by atoms with Crippen LogP contribution < -0.4 is 15.5 Å². The molecule has 3 N–H and O–H groups in total. The van der Waals surface area contributed by atoms with Crippen LogP contribution in [-0.2, 0) is 9.59 Å². The van der Waals surface area contributed by atoms with Crippen LogP contribution in [0.4, 0.5) is 14.9 Å². The molecule has 1 aromatic rings. The number of nitrogens with one attached hydrogen (secondary N) is 2. The average Bonchev–Trinajstić information content (AvgIpc) is 3.12. The lowest BCUT2D eigenvalue weighted by Crippen LogP contribution is -2.58. The van der Waals surface area contributed by atoms with Gasteiger partial charge >= 0.3 is 6.09 Å². The second kappa shape index (κ2) is 10.0. The Labute approximate surface area is 205 Å². The molecule has 3 saturated heterocycles. The van der Waals surface area contributed by atoms with E-state index in [-0.39, 0.29) is 23.7 Å². The molecule has 3 amide bonds. The molecule has 1 atom stereocenters. The van der Waals surface area contributed by atoms with Crippen molar-refractivity contribution in [3.05, 3.63) is 30.1 Å². The van der Waals surface area contributed by atoms with Crippen LogP contribution in [0, 0.1) is 11.2 Å². The van der Waals surface area contributed by atoms with E-state index in [0.717, 1.165) is 51.3 Å². The predicted octanol–water partition coefficient (Wildman–Crippen LogP) is 1.88. The lowest BCUT2D eigenvalue weighted by Gasteiger charge is -2.40. The Balaban J connectivity index is 1.22. The van der Waals surface area contributed by atoms with Gasteiger partial charge in [-0.3, -0.25) is 14.5 Å². The van der Waals surface area contributed by atoms with E-state index >= 15 is 0 Å². The number of nitrogens with zero attached hydrogens (tertiary/aromatic N) is 3. The first-order valence-corrected chi connectivity index (χ1v) is 12.4. The molecule has 0 saturated carbocycles. The summed E-state index contributed by atoms with van der Waals surface area (Å²) in [7, 11) is 0. The van der Waals surface area contributed by atoms with Gasteiger partial charge in [0.15, 0.2) is 0 Å². The van der Waals surface area contributed by atoms with Gasteiger partial charge in [-0.05, 0) is 63.8 Å². The molecule has 9 nitrogen and oxygen atoms in total. The molecule has 1 spiro atoms. The van der Waals surface area contributed by atoms with Crippen molar-refractivity contribution in [3.63, 3.8) is 0 Å². The number of anilines is 1. The molecule has 1 aromatic carbocycles. The van der Waals surface area contributed by atoms with Gasteiger partial charge in [0, 0.05) is 57.5 Å². The second-order valence-corrected chi connectivity index (χ2v) is 10.6. The summed E-state index contributed by atoms with van der Waals surface area (Å²) in [6.07, 6.45) is 1.63. The van der Waals surface area contributed by atoms with Crippen molar-refractivity contribution >= 4 is 23.6 Å². The summed E-state index contributed by atoms with van der Waals surface area (Å²) in [4.78, 5) is 43.0.